The van der Waals surface area contributed by atoms with E-state index in [0.717, 1.165) is 19.3 Å². The first-order chi connectivity index (χ1) is 7.66. The Morgan fingerprint density at radius 3 is 2.12 bits per heavy atom. The van der Waals surface area contributed by atoms with E-state index < -0.39 is 0 Å². The first-order valence-electron chi connectivity index (χ1n) is 6.99. The molecule has 0 aromatic heterocycles. The van der Waals surface area contributed by atoms with Crippen LogP contribution in [-0.4, -0.2) is 11.2 Å². The minimum atomic E-state index is -0.104. The van der Waals surface area contributed by atoms with Crippen molar-refractivity contribution < 1.29 is 5.11 Å². The van der Waals surface area contributed by atoms with Gasteiger partial charge in [0.25, 0.3) is 0 Å². The molecule has 0 aliphatic carbocycles. The summed E-state index contributed by atoms with van der Waals surface area (Å²) in [5.74, 6) is 0. The molecule has 1 N–H and O–H groups in total. The molecule has 0 saturated carbocycles. The highest BCUT2D eigenvalue weighted by Gasteiger charge is 2.03. The van der Waals surface area contributed by atoms with E-state index >= 15 is 0 Å². The van der Waals surface area contributed by atoms with Gasteiger partial charge in [-0.3, -0.25) is 0 Å². The third-order valence-electron chi connectivity index (χ3n) is 3.05. The van der Waals surface area contributed by atoms with Gasteiger partial charge in [-0.2, -0.15) is 0 Å². The average Bonchev–Trinajstić information content (AvgIpc) is 2.25. The zero-order chi connectivity index (χ0) is 12.2. The van der Waals surface area contributed by atoms with Crippen molar-refractivity contribution >= 4 is 0 Å². The minimum absolute atomic E-state index is 0.104. The number of aliphatic hydroxyl groups is 1. The largest absolute Gasteiger partial charge is 0.393 e. The van der Waals surface area contributed by atoms with Gasteiger partial charge in [0.1, 0.15) is 0 Å². The zero-order valence-electron chi connectivity index (χ0n) is 11.3. The third kappa shape index (κ3) is 11.8. The van der Waals surface area contributed by atoms with E-state index in [2.05, 4.69) is 13.5 Å². The molecule has 0 spiro atoms. The minimum Gasteiger partial charge on any atom is -0.393 e. The van der Waals surface area contributed by atoms with Gasteiger partial charge in [0.05, 0.1) is 6.10 Å². The van der Waals surface area contributed by atoms with E-state index in [1.165, 1.54) is 50.5 Å². The predicted molar refractivity (Wildman–Crippen MR) is 72.7 cm³/mol. The predicted octanol–water partition coefficient (Wildman–Crippen LogP) is 4.84. The summed E-state index contributed by atoms with van der Waals surface area (Å²) in [6.45, 7) is 8.13. The van der Waals surface area contributed by atoms with Crippen LogP contribution in [0.1, 0.15) is 78.1 Å². The van der Waals surface area contributed by atoms with Crippen LogP contribution < -0.4 is 0 Å². The van der Waals surface area contributed by atoms with Crippen LogP contribution in [0.3, 0.4) is 0 Å². The molecule has 0 amide bonds. The van der Waals surface area contributed by atoms with Crippen molar-refractivity contribution in [2.24, 2.45) is 0 Å². The number of unbranched alkanes of at least 4 members (excludes halogenated alkanes) is 6. The van der Waals surface area contributed by atoms with E-state index in [1.54, 1.807) is 0 Å². The second-order valence-electron chi connectivity index (χ2n) is 5.06. The van der Waals surface area contributed by atoms with Gasteiger partial charge in [-0.05, 0) is 26.2 Å². The Bertz CT molecular complexity index is 163. The van der Waals surface area contributed by atoms with Gasteiger partial charge in [-0.1, -0.05) is 57.4 Å². The van der Waals surface area contributed by atoms with Crippen LogP contribution in [0.4, 0.5) is 0 Å². The van der Waals surface area contributed by atoms with Crippen LogP contribution in [0.25, 0.3) is 0 Å². The summed E-state index contributed by atoms with van der Waals surface area (Å²) in [7, 11) is 0. The standard InChI is InChI=1S/C15H30O/c1-4-5-6-7-8-9-10-11-15(16)13-12-14(2)3/h15-16H,2,4-13H2,1,3H3. The SMILES string of the molecule is C=C(C)CCC(O)CCCCCCCCC. The summed E-state index contributed by atoms with van der Waals surface area (Å²) in [5.41, 5.74) is 1.18. The van der Waals surface area contributed by atoms with E-state index in [4.69, 9.17) is 0 Å². The maximum absolute atomic E-state index is 9.70. The summed E-state index contributed by atoms with van der Waals surface area (Å²) in [5, 5.41) is 9.70. The summed E-state index contributed by atoms with van der Waals surface area (Å²) < 4.78 is 0. The summed E-state index contributed by atoms with van der Waals surface area (Å²) in [6.07, 6.45) is 12.0. The lowest BCUT2D eigenvalue weighted by molar-refractivity contribution is 0.151. The lowest BCUT2D eigenvalue weighted by Gasteiger charge is -2.09. The summed E-state index contributed by atoms with van der Waals surface area (Å²) in [4.78, 5) is 0. The number of allylic oxidation sites excluding steroid dienone is 1. The molecular weight excluding hydrogens is 196 g/mol. The molecule has 1 unspecified atom stereocenters. The molecule has 0 fully saturated rings. The molecule has 1 heteroatoms. The maximum Gasteiger partial charge on any atom is 0.0543 e. The number of hydrogen-bond donors (Lipinski definition) is 1. The Kier molecular flexibility index (Phi) is 11.0. The number of hydrogen-bond acceptors (Lipinski definition) is 1. The van der Waals surface area contributed by atoms with Crippen molar-refractivity contribution in [1.29, 1.82) is 0 Å². The molecule has 0 rings (SSSR count). The molecule has 0 saturated heterocycles. The van der Waals surface area contributed by atoms with Gasteiger partial charge in [0.15, 0.2) is 0 Å². The molecule has 16 heavy (non-hydrogen) atoms. The van der Waals surface area contributed by atoms with Crippen molar-refractivity contribution in [3.8, 4) is 0 Å². The second kappa shape index (κ2) is 11.2. The Balaban J connectivity index is 3.15. The molecular formula is C15H30O. The first-order valence-corrected chi connectivity index (χ1v) is 6.99. The van der Waals surface area contributed by atoms with Crippen LogP contribution >= 0.6 is 0 Å². The van der Waals surface area contributed by atoms with Gasteiger partial charge in [0.2, 0.25) is 0 Å². The van der Waals surface area contributed by atoms with Gasteiger partial charge >= 0.3 is 0 Å². The molecule has 0 aliphatic rings. The number of aliphatic hydroxyl groups excluding tert-OH is 1. The topological polar surface area (TPSA) is 20.2 Å². The smallest absolute Gasteiger partial charge is 0.0543 e. The van der Waals surface area contributed by atoms with Crippen molar-refractivity contribution in [2.45, 2.75) is 84.2 Å². The van der Waals surface area contributed by atoms with Crippen molar-refractivity contribution in [2.75, 3.05) is 0 Å². The fraction of sp³-hybridized carbons (Fsp3) is 0.867. The average molecular weight is 226 g/mol. The van der Waals surface area contributed by atoms with Crippen molar-refractivity contribution in [3.05, 3.63) is 12.2 Å². The van der Waals surface area contributed by atoms with Gasteiger partial charge < -0.3 is 5.11 Å². The molecule has 0 bridgehead atoms. The van der Waals surface area contributed by atoms with E-state index in [0.29, 0.717) is 0 Å². The van der Waals surface area contributed by atoms with Crippen molar-refractivity contribution in [3.63, 3.8) is 0 Å². The van der Waals surface area contributed by atoms with Gasteiger partial charge in [0, 0.05) is 0 Å². The molecule has 1 nitrogen and oxygen atoms in total. The third-order valence-corrected chi connectivity index (χ3v) is 3.05. The lowest BCUT2D eigenvalue weighted by atomic mass is 10.0. The Labute approximate surface area is 102 Å². The van der Waals surface area contributed by atoms with E-state index in [9.17, 15) is 5.11 Å². The Hall–Kier alpha value is -0.300. The molecule has 0 aliphatic heterocycles. The fourth-order valence-electron chi connectivity index (χ4n) is 1.89. The van der Waals surface area contributed by atoms with Crippen LogP contribution in [0.15, 0.2) is 12.2 Å². The maximum atomic E-state index is 9.70. The zero-order valence-corrected chi connectivity index (χ0v) is 11.3. The molecule has 0 aromatic carbocycles. The summed E-state index contributed by atoms with van der Waals surface area (Å²) >= 11 is 0. The normalized spacial score (nSPS) is 12.7. The highest BCUT2D eigenvalue weighted by molar-refractivity contribution is 4.88. The highest BCUT2D eigenvalue weighted by atomic mass is 16.3. The Morgan fingerprint density at radius 1 is 1.00 bits per heavy atom. The number of rotatable bonds is 11. The molecule has 0 heterocycles. The Morgan fingerprint density at radius 2 is 1.56 bits per heavy atom. The van der Waals surface area contributed by atoms with Crippen LogP contribution in [-0.2, 0) is 0 Å². The summed E-state index contributed by atoms with van der Waals surface area (Å²) in [6, 6.07) is 0. The van der Waals surface area contributed by atoms with E-state index in [1.807, 2.05) is 6.92 Å². The first kappa shape index (κ1) is 15.7. The molecule has 96 valence electrons. The molecule has 0 radical (unpaired) electrons. The quantitative estimate of drug-likeness (QED) is 0.394. The van der Waals surface area contributed by atoms with Crippen LogP contribution in [0.2, 0.25) is 0 Å². The van der Waals surface area contributed by atoms with Crippen molar-refractivity contribution in [1.82, 2.24) is 0 Å². The monoisotopic (exact) mass is 226 g/mol. The highest BCUT2D eigenvalue weighted by Crippen LogP contribution is 2.13. The lowest BCUT2D eigenvalue weighted by Crippen LogP contribution is -2.06. The van der Waals surface area contributed by atoms with Gasteiger partial charge in [-0.15, -0.1) is 6.58 Å². The second-order valence-corrected chi connectivity index (χ2v) is 5.06. The van der Waals surface area contributed by atoms with Crippen LogP contribution in [0, 0.1) is 0 Å². The fourth-order valence-corrected chi connectivity index (χ4v) is 1.89. The van der Waals surface area contributed by atoms with Gasteiger partial charge in [-0.25, -0.2) is 0 Å². The van der Waals surface area contributed by atoms with Crippen LogP contribution in [0.5, 0.6) is 0 Å². The molecule has 0 aromatic rings. The van der Waals surface area contributed by atoms with E-state index in [-0.39, 0.29) is 6.10 Å². The molecule has 1 atom stereocenters.